The topological polar surface area (TPSA) is 37.1 Å². The molecule has 1 aliphatic carbocycles. The van der Waals surface area contributed by atoms with Gasteiger partial charge in [-0.2, -0.15) is 4.31 Å². The molecule has 0 aromatic heterocycles. The number of nitrogens with zero attached hydrogens (tertiary/aromatic N) is 1. The van der Waals surface area contributed by atoms with Crippen LogP contribution in [0.25, 0.3) is 0 Å². The Hall–Kier alpha value is -1.65. The number of sulfonamides is 1. The molecule has 1 heterocycles. The lowest BCUT2D eigenvalue weighted by Gasteiger charge is -2.21. The van der Waals surface area contributed by atoms with Gasteiger partial charge in [0.25, 0.3) is 0 Å². The maximum atomic E-state index is 13.2. The van der Waals surface area contributed by atoms with Crippen LogP contribution >= 0.6 is 0 Å². The molecule has 1 saturated carbocycles. The molecule has 4 heteroatoms. The van der Waals surface area contributed by atoms with E-state index in [0.29, 0.717) is 4.90 Å². The van der Waals surface area contributed by atoms with Crippen LogP contribution in [0.2, 0.25) is 0 Å². The van der Waals surface area contributed by atoms with Crippen LogP contribution in [0.5, 0.6) is 0 Å². The lowest BCUT2D eigenvalue weighted by atomic mass is 9.84. The first-order valence-electron chi connectivity index (χ1n) is 8.23. The number of hydrogen-bond donors (Lipinski definition) is 0. The Morgan fingerprint density at radius 3 is 2.39 bits per heavy atom. The quantitative estimate of drug-likeness (QED) is 0.803. The minimum absolute atomic E-state index is 0.116. The van der Waals surface area contributed by atoms with E-state index in [0.717, 1.165) is 36.8 Å². The number of fused-ring (bicyclic) bond motifs is 1. The average molecular weight is 327 g/mol. The molecule has 0 bridgehead atoms. The molecule has 2 aliphatic rings. The van der Waals surface area contributed by atoms with Gasteiger partial charge < -0.3 is 0 Å². The van der Waals surface area contributed by atoms with Gasteiger partial charge >= 0.3 is 0 Å². The standard InChI is InChI=1S/C19H21NO2S/c1-15-10-12-17(13-11-15)23(21,22)20-18-9-5-6-14-19(18,20)16-7-3-2-4-8-16/h2-4,7-8,10-13,18H,5-6,9,14H2,1H3. The Bertz CT molecular complexity index is 814. The van der Waals surface area contributed by atoms with Gasteiger partial charge in [0.2, 0.25) is 10.0 Å². The van der Waals surface area contributed by atoms with Crippen LogP contribution in [-0.2, 0) is 15.6 Å². The van der Waals surface area contributed by atoms with Gasteiger partial charge in [0, 0.05) is 6.04 Å². The zero-order chi connectivity index (χ0) is 16.1. The van der Waals surface area contributed by atoms with Crippen molar-refractivity contribution in [1.82, 2.24) is 4.31 Å². The third kappa shape index (κ3) is 2.16. The summed E-state index contributed by atoms with van der Waals surface area (Å²) in [7, 11) is -3.44. The normalized spacial score (nSPS) is 29.8. The Morgan fingerprint density at radius 1 is 1.00 bits per heavy atom. The second-order valence-electron chi connectivity index (χ2n) is 6.67. The van der Waals surface area contributed by atoms with Crippen LogP contribution < -0.4 is 0 Å². The molecular weight excluding hydrogens is 306 g/mol. The molecule has 1 saturated heterocycles. The van der Waals surface area contributed by atoms with E-state index in [4.69, 9.17) is 0 Å². The fraction of sp³-hybridized carbons (Fsp3) is 0.368. The Kier molecular flexibility index (Phi) is 3.36. The van der Waals surface area contributed by atoms with Crippen LogP contribution in [0, 0.1) is 6.92 Å². The van der Waals surface area contributed by atoms with Crippen LogP contribution in [0.4, 0.5) is 0 Å². The predicted molar refractivity (Wildman–Crippen MR) is 90.6 cm³/mol. The SMILES string of the molecule is Cc1ccc(S(=O)(=O)N2C3CCCCC32c2ccccc2)cc1. The molecule has 120 valence electrons. The maximum absolute atomic E-state index is 13.2. The van der Waals surface area contributed by atoms with Crippen LogP contribution in [-0.4, -0.2) is 18.8 Å². The molecule has 3 unspecified atom stereocenters. The van der Waals surface area contributed by atoms with Crippen molar-refractivity contribution in [3.8, 4) is 0 Å². The smallest absolute Gasteiger partial charge is 0.207 e. The highest BCUT2D eigenvalue weighted by Gasteiger charge is 2.69. The highest BCUT2D eigenvalue weighted by Crippen LogP contribution is 2.60. The molecule has 23 heavy (non-hydrogen) atoms. The number of benzene rings is 2. The summed E-state index contributed by atoms with van der Waals surface area (Å²) < 4.78 is 28.1. The molecule has 1 aliphatic heterocycles. The maximum Gasteiger partial charge on any atom is 0.244 e. The van der Waals surface area contributed by atoms with Gasteiger partial charge in [0.05, 0.1) is 10.4 Å². The van der Waals surface area contributed by atoms with Crippen molar-refractivity contribution in [1.29, 1.82) is 0 Å². The second kappa shape index (κ2) is 5.18. The summed E-state index contributed by atoms with van der Waals surface area (Å²) in [5.74, 6) is 0. The zero-order valence-electron chi connectivity index (χ0n) is 13.3. The molecule has 3 nitrogen and oxygen atoms in total. The van der Waals surface area contributed by atoms with Crippen molar-refractivity contribution < 1.29 is 8.42 Å². The molecule has 3 atom stereocenters. The van der Waals surface area contributed by atoms with Crippen molar-refractivity contribution in [3.05, 3.63) is 65.7 Å². The van der Waals surface area contributed by atoms with E-state index >= 15 is 0 Å². The van der Waals surface area contributed by atoms with E-state index in [2.05, 4.69) is 12.1 Å². The van der Waals surface area contributed by atoms with E-state index < -0.39 is 10.0 Å². The second-order valence-corrected chi connectivity index (χ2v) is 8.48. The Morgan fingerprint density at radius 2 is 1.70 bits per heavy atom. The van der Waals surface area contributed by atoms with E-state index in [9.17, 15) is 8.42 Å². The molecule has 4 rings (SSSR count). The monoisotopic (exact) mass is 327 g/mol. The van der Waals surface area contributed by atoms with Crippen molar-refractivity contribution in [2.75, 3.05) is 0 Å². The van der Waals surface area contributed by atoms with Gasteiger partial charge in [-0.1, -0.05) is 60.9 Å². The fourth-order valence-corrected chi connectivity index (χ4v) is 6.15. The summed E-state index contributed by atoms with van der Waals surface area (Å²) in [5, 5.41) is 0. The van der Waals surface area contributed by atoms with Crippen molar-refractivity contribution in [3.63, 3.8) is 0 Å². The predicted octanol–water partition coefficient (Wildman–Crippen LogP) is 3.84. The lowest BCUT2D eigenvalue weighted by molar-refractivity contribution is 0.444. The number of hydrogen-bond acceptors (Lipinski definition) is 2. The van der Waals surface area contributed by atoms with Crippen LogP contribution in [0.15, 0.2) is 59.5 Å². The first-order chi connectivity index (χ1) is 11.1. The largest absolute Gasteiger partial charge is 0.244 e. The summed E-state index contributed by atoms with van der Waals surface area (Å²) in [6, 6.07) is 17.5. The first-order valence-corrected chi connectivity index (χ1v) is 9.67. The van der Waals surface area contributed by atoms with Gasteiger partial charge in [-0.05, 0) is 37.5 Å². The summed E-state index contributed by atoms with van der Waals surface area (Å²) >= 11 is 0. The Labute approximate surface area is 138 Å². The van der Waals surface area contributed by atoms with Gasteiger partial charge in [0.1, 0.15) is 0 Å². The summed E-state index contributed by atoms with van der Waals surface area (Å²) in [5.41, 5.74) is 1.90. The minimum Gasteiger partial charge on any atom is -0.207 e. The average Bonchev–Trinajstić information content (AvgIpc) is 3.27. The zero-order valence-corrected chi connectivity index (χ0v) is 14.1. The molecule has 0 radical (unpaired) electrons. The fourth-order valence-electron chi connectivity index (χ4n) is 4.13. The van der Waals surface area contributed by atoms with Gasteiger partial charge in [-0.15, -0.1) is 0 Å². The van der Waals surface area contributed by atoms with Gasteiger partial charge in [0.15, 0.2) is 0 Å². The molecule has 2 aromatic carbocycles. The molecule has 2 fully saturated rings. The van der Waals surface area contributed by atoms with Crippen molar-refractivity contribution in [2.24, 2.45) is 0 Å². The molecular formula is C19H21NO2S. The number of rotatable bonds is 3. The van der Waals surface area contributed by atoms with E-state index in [1.165, 1.54) is 0 Å². The van der Waals surface area contributed by atoms with Gasteiger partial charge in [-0.3, -0.25) is 0 Å². The van der Waals surface area contributed by atoms with Crippen LogP contribution in [0.1, 0.15) is 36.8 Å². The highest BCUT2D eigenvalue weighted by molar-refractivity contribution is 7.89. The summed E-state index contributed by atoms with van der Waals surface area (Å²) in [4.78, 5) is 0.410. The molecule has 0 N–H and O–H groups in total. The molecule has 2 aromatic rings. The van der Waals surface area contributed by atoms with Crippen molar-refractivity contribution >= 4 is 10.0 Å². The third-order valence-corrected chi connectivity index (χ3v) is 7.26. The van der Waals surface area contributed by atoms with E-state index in [1.54, 1.807) is 16.4 Å². The first kappa shape index (κ1) is 14.9. The number of aryl methyl sites for hydroxylation is 1. The van der Waals surface area contributed by atoms with E-state index in [-0.39, 0.29) is 11.6 Å². The molecule has 0 spiro atoms. The van der Waals surface area contributed by atoms with Crippen molar-refractivity contribution in [2.45, 2.75) is 49.1 Å². The summed E-state index contributed by atoms with van der Waals surface area (Å²) in [6.45, 7) is 1.97. The minimum atomic E-state index is -3.44. The Balaban J connectivity index is 1.78. The highest BCUT2D eigenvalue weighted by atomic mass is 32.2. The summed E-state index contributed by atoms with van der Waals surface area (Å²) in [6.07, 6.45) is 4.08. The van der Waals surface area contributed by atoms with E-state index in [1.807, 2.05) is 37.3 Å². The lowest BCUT2D eigenvalue weighted by Crippen LogP contribution is -2.23. The van der Waals surface area contributed by atoms with Crippen LogP contribution in [0.3, 0.4) is 0 Å². The third-order valence-electron chi connectivity index (χ3n) is 5.30. The van der Waals surface area contributed by atoms with Gasteiger partial charge in [-0.25, -0.2) is 8.42 Å². The molecule has 0 amide bonds.